The van der Waals surface area contributed by atoms with E-state index in [1.807, 2.05) is 23.1 Å². The molecule has 42 heavy (non-hydrogen) atoms. The van der Waals surface area contributed by atoms with Crippen LogP contribution in [0, 0.1) is 17.2 Å². The zero-order chi connectivity index (χ0) is 29.4. The molecule has 0 aromatic heterocycles. The van der Waals surface area contributed by atoms with Crippen LogP contribution in [0.4, 0.5) is 0 Å². The van der Waals surface area contributed by atoms with Crippen molar-refractivity contribution in [3.05, 3.63) is 41.4 Å². The number of carbonyl (C=O) groups is 1. The highest BCUT2D eigenvalue weighted by Crippen LogP contribution is 2.46. The Bertz CT molecular complexity index is 1210. The number of Topliss-reactive ketones (excluding diaryl/α,β-unsaturated/α-hetero) is 1. The highest BCUT2D eigenvalue weighted by atomic mass is 35.5. The normalized spacial score (nSPS) is 36.6. The van der Waals surface area contributed by atoms with Gasteiger partial charge in [0.05, 0.1) is 36.3 Å². The minimum atomic E-state index is -0.916. The molecule has 1 saturated carbocycles. The summed E-state index contributed by atoms with van der Waals surface area (Å²) >= 11 is 6.53. The van der Waals surface area contributed by atoms with Crippen molar-refractivity contribution in [3.8, 4) is 11.8 Å². The van der Waals surface area contributed by atoms with E-state index in [-0.39, 0.29) is 23.9 Å². The fourth-order valence-electron chi connectivity index (χ4n) is 7.78. The topological polar surface area (TPSA) is 113 Å². The first-order valence-electron chi connectivity index (χ1n) is 15.4. The van der Waals surface area contributed by atoms with Gasteiger partial charge in [-0.2, -0.15) is 5.26 Å². The number of aliphatic hydroxyl groups excluding tert-OH is 1. The number of ether oxygens (including phenoxy) is 2. The maximum Gasteiger partial charge on any atom is 0.193 e. The summed E-state index contributed by atoms with van der Waals surface area (Å²) < 4.78 is 13.0. The first kappa shape index (κ1) is 30.0. The van der Waals surface area contributed by atoms with Gasteiger partial charge in [0.1, 0.15) is 12.0 Å². The van der Waals surface area contributed by atoms with Crippen LogP contribution >= 0.6 is 11.6 Å². The lowest BCUT2D eigenvalue weighted by molar-refractivity contribution is -0.161. The zero-order valence-electron chi connectivity index (χ0n) is 24.4. The van der Waals surface area contributed by atoms with Crippen LogP contribution in [0.1, 0.15) is 44.1 Å². The monoisotopic (exact) mass is 598 g/mol. The Labute approximate surface area is 253 Å². The molecule has 4 fully saturated rings. The number of aliphatic hydroxyl groups is 1. The second kappa shape index (κ2) is 12.5. The number of likely N-dealkylation sites (N-methyl/N-ethyl adjacent to an activating group) is 1. The minimum absolute atomic E-state index is 0.00742. The molecule has 1 aromatic carbocycles. The molecule has 3 N–H and O–H groups in total. The van der Waals surface area contributed by atoms with Gasteiger partial charge in [-0.3, -0.25) is 25.2 Å². The highest BCUT2D eigenvalue weighted by molar-refractivity contribution is 6.32. The van der Waals surface area contributed by atoms with Crippen LogP contribution < -0.4 is 15.4 Å². The predicted molar refractivity (Wildman–Crippen MR) is 159 cm³/mol. The van der Waals surface area contributed by atoms with Crippen molar-refractivity contribution in [1.82, 2.24) is 25.3 Å². The largest absolute Gasteiger partial charge is 0.478 e. The molecule has 0 radical (unpaired) electrons. The van der Waals surface area contributed by atoms with Crippen molar-refractivity contribution < 1.29 is 19.4 Å². The summed E-state index contributed by atoms with van der Waals surface area (Å²) in [5.41, 5.74) is 0.129. The van der Waals surface area contributed by atoms with E-state index < -0.39 is 24.2 Å². The maximum atomic E-state index is 14.5. The molecule has 5 aliphatic rings. The average Bonchev–Trinajstić information content (AvgIpc) is 3.42. The fourth-order valence-corrected chi connectivity index (χ4v) is 8.01. The molecule has 1 spiro atoms. The molecule has 11 heteroatoms. The predicted octanol–water partition coefficient (Wildman–Crippen LogP) is 2.07. The molecule has 228 valence electrons. The van der Waals surface area contributed by atoms with Gasteiger partial charge < -0.3 is 19.5 Å². The SMILES string of the molecule is C=CC(O)N1CCN(C2NC(OCC3CCCN3C)NC3C(=O)[C@]4(CCc5cccc(Cl)c5O4)CCC32)CC1CC#N. The number of piperazine rings is 1. The van der Waals surface area contributed by atoms with Crippen molar-refractivity contribution in [3.63, 3.8) is 0 Å². The number of carbonyl (C=O) groups excluding carboxylic acids is 1. The summed E-state index contributed by atoms with van der Waals surface area (Å²) in [4.78, 5) is 21.1. The maximum absolute atomic E-state index is 14.5. The number of aryl methyl sites for hydroxylation is 1. The molecule has 7 unspecified atom stereocenters. The van der Waals surface area contributed by atoms with Crippen molar-refractivity contribution in [2.75, 3.05) is 39.8 Å². The minimum Gasteiger partial charge on any atom is -0.478 e. The number of ketones is 1. The molecule has 0 bridgehead atoms. The molecule has 8 atom stereocenters. The van der Waals surface area contributed by atoms with Crippen LogP contribution in [0.15, 0.2) is 30.9 Å². The van der Waals surface area contributed by atoms with E-state index in [0.29, 0.717) is 62.3 Å². The standard InChI is InChI=1S/C31H43ClN6O4/c1-3-25(39)38-17-16-37(18-21(38)11-14-33)29-23-10-13-31(12-9-20-6-4-8-24(32)27(20)42-31)28(40)26(23)34-30(35-29)41-19-22-7-5-15-36(22)2/h3-4,6,8,21-23,25-26,29-30,34-35,39H,1,5,7,9-13,15-19H2,2H3/t21?,22?,23?,25?,26?,29?,30?,31-/m0/s1. The molecule has 6 rings (SSSR count). The second-order valence-corrected chi connectivity index (χ2v) is 12.9. The van der Waals surface area contributed by atoms with Gasteiger partial charge in [-0.15, -0.1) is 0 Å². The number of benzene rings is 1. The number of nitriles is 1. The van der Waals surface area contributed by atoms with E-state index in [4.69, 9.17) is 21.1 Å². The van der Waals surface area contributed by atoms with Gasteiger partial charge in [0.15, 0.2) is 17.7 Å². The van der Waals surface area contributed by atoms with Crippen LogP contribution in [0.3, 0.4) is 0 Å². The van der Waals surface area contributed by atoms with Crippen LogP contribution in [0.2, 0.25) is 5.02 Å². The quantitative estimate of drug-likeness (QED) is 0.403. The number of hydrogen-bond donors (Lipinski definition) is 3. The lowest BCUT2D eigenvalue weighted by Gasteiger charge is -2.55. The van der Waals surface area contributed by atoms with Gasteiger partial charge in [0.25, 0.3) is 0 Å². The smallest absolute Gasteiger partial charge is 0.193 e. The lowest BCUT2D eigenvalue weighted by Crippen LogP contribution is -2.76. The number of nitrogens with one attached hydrogen (secondary N) is 2. The Kier molecular flexibility index (Phi) is 8.92. The van der Waals surface area contributed by atoms with Crippen molar-refractivity contribution in [1.29, 1.82) is 5.26 Å². The number of halogens is 1. The van der Waals surface area contributed by atoms with Crippen LogP contribution in [-0.4, -0.2) is 108 Å². The van der Waals surface area contributed by atoms with Crippen molar-refractivity contribution in [2.24, 2.45) is 5.92 Å². The van der Waals surface area contributed by atoms with Crippen LogP contribution in [-0.2, 0) is 16.0 Å². The van der Waals surface area contributed by atoms with Crippen molar-refractivity contribution >= 4 is 17.4 Å². The second-order valence-electron chi connectivity index (χ2n) is 12.5. The summed E-state index contributed by atoms with van der Waals surface area (Å²) in [7, 11) is 2.13. The van der Waals surface area contributed by atoms with E-state index in [0.717, 1.165) is 37.8 Å². The Balaban J connectivity index is 1.25. The average molecular weight is 599 g/mol. The van der Waals surface area contributed by atoms with Gasteiger partial charge in [-0.1, -0.05) is 30.3 Å². The Hall–Kier alpha value is -2.07. The van der Waals surface area contributed by atoms with Gasteiger partial charge in [0.2, 0.25) is 0 Å². The molecular formula is C31H43ClN6O4. The van der Waals surface area contributed by atoms with Gasteiger partial charge in [-0.25, -0.2) is 0 Å². The number of nitrogens with zero attached hydrogens (tertiary/aromatic N) is 4. The van der Waals surface area contributed by atoms with E-state index in [9.17, 15) is 15.2 Å². The van der Waals surface area contributed by atoms with Gasteiger partial charge in [0, 0.05) is 37.6 Å². The fraction of sp³-hybridized carbons (Fsp3) is 0.677. The van der Waals surface area contributed by atoms with Crippen LogP contribution in [0.25, 0.3) is 0 Å². The summed E-state index contributed by atoms with van der Waals surface area (Å²) in [6.45, 7) is 7.25. The number of para-hydroxylation sites is 1. The Morgan fingerprint density at radius 1 is 1.29 bits per heavy atom. The first-order chi connectivity index (χ1) is 20.3. The van der Waals surface area contributed by atoms with Gasteiger partial charge in [-0.05, 0) is 69.8 Å². The van der Waals surface area contributed by atoms with E-state index >= 15 is 0 Å². The summed E-state index contributed by atoms with van der Waals surface area (Å²) in [5, 5.41) is 27.9. The third-order valence-corrected chi connectivity index (χ3v) is 10.5. The molecule has 10 nitrogen and oxygen atoms in total. The highest BCUT2D eigenvalue weighted by Gasteiger charge is 2.57. The molecule has 0 amide bonds. The number of hydrogen-bond acceptors (Lipinski definition) is 10. The molecule has 3 saturated heterocycles. The molecule has 1 aliphatic carbocycles. The third-order valence-electron chi connectivity index (χ3n) is 10.2. The summed E-state index contributed by atoms with van der Waals surface area (Å²) in [6.07, 6.45) is 5.41. The molecule has 4 aliphatic heterocycles. The lowest BCUT2D eigenvalue weighted by atomic mass is 9.69. The zero-order valence-corrected chi connectivity index (χ0v) is 25.1. The van der Waals surface area contributed by atoms with E-state index in [1.165, 1.54) is 6.08 Å². The Morgan fingerprint density at radius 2 is 2.14 bits per heavy atom. The summed E-state index contributed by atoms with van der Waals surface area (Å²) in [5.74, 6) is 0.694. The first-order valence-corrected chi connectivity index (χ1v) is 15.7. The molecular weight excluding hydrogens is 556 g/mol. The van der Waals surface area contributed by atoms with E-state index in [2.05, 4.69) is 40.1 Å². The van der Waals surface area contributed by atoms with Crippen molar-refractivity contribution in [2.45, 2.75) is 87.4 Å². The molecule has 1 aromatic rings. The Morgan fingerprint density at radius 3 is 2.90 bits per heavy atom. The van der Waals surface area contributed by atoms with Crippen LogP contribution in [0.5, 0.6) is 5.75 Å². The number of likely N-dealkylation sites (tertiary alicyclic amines) is 1. The van der Waals surface area contributed by atoms with E-state index in [1.54, 1.807) is 0 Å². The number of rotatable bonds is 7. The molecule has 4 heterocycles. The third kappa shape index (κ3) is 5.62. The number of fused-ring (bicyclic) bond motifs is 2. The summed E-state index contributed by atoms with van der Waals surface area (Å²) in [6, 6.07) is 7.81. The van der Waals surface area contributed by atoms with Gasteiger partial charge >= 0.3 is 0 Å².